The van der Waals surface area contributed by atoms with E-state index in [2.05, 4.69) is 13.8 Å². The molecule has 0 aliphatic rings. The van der Waals surface area contributed by atoms with Crippen molar-refractivity contribution in [3.05, 3.63) is 0 Å². The number of ether oxygens (including phenoxy) is 1. The third-order valence-electron chi connectivity index (χ3n) is 8.25. The van der Waals surface area contributed by atoms with Crippen LogP contribution in [0.15, 0.2) is 0 Å². The molecule has 0 aromatic heterocycles. The molecule has 0 atom stereocenters. The maximum absolute atomic E-state index is 11.9. The number of rotatable bonds is 33. The second-order valence-electron chi connectivity index (χ2n) is 12.2. The first kappa shape index (κ1) is 41.6. The van der Waals surface area contributed by atoms with E-state index in [9.17, 15) is 4.79 Å². The zero-order valence-corrected chi connectivity index (χ0v) is 26.7. The van der Waals surface area contributed by atoms with Crippen molar-refractivity contribution >= 4 is 35.5 Å². The van der Waals surface area contributed by atoms with Crippen LogP contribution in [0.5, 0.6) is 0 Å². The van der Waals surface area contributed by atoms with Crippen LogP contribution < -0.4 is 0 Å². The molecule has 0 saturated heterocycles. The third kappa shape index (κ3) is 38.5. The molecule has 3 heteroatoms. The standard InChI is InChI=1S/C36H72O2.Na.H/c1-3-5-7-9-11-13-15-17-19-21-23-25-27-29-31-33-35-38-36(37)34-32-30-28-26-24-22-20-18-16-14-12-10-8-6-4-2;;/h3-35H2,1-2H3;;. The minimum absolute atomic E-state index is 0. The Bertz CT molecular complexity index is 440. The Morgan fingerprint density at radius 3 is 0.872 bits per heavy atom. The van der Waals surface area contributed by atoms with Gasteiger partial charge in [-0.25, -0.2) is 0 Å². The molecule has 230 valence electrons. The summed E-state index contributed by atoms with van der Waals surface area (Å²) in [6, 6.07) is 0. The fraction of sp³-hybridized carbons (Fsp3) is 0.972. The average Bonchev–Trinajstić information content (AvgIpc) is 2.92. The SMILES string of the molecule is CCCCCCCCCCCCCCCCCCOC(=O)CCCCCCCCCCCCCCCCC.[NaH]. The van der Waals surface area contributed by atoms with Gasteiger partial charge in [-0.15, -0.1) is 0 Å². The number of unbranched alkanes of at least 4 members (excludes halogenated alkanes) is 29. The fourth-order valence-electron chi connectivity index (χ4n) is 5.55. The molecule has 0 aromatic rings. The summed E-state index contributed by atoms with van der Waals surface area (Å²) in [4.78, 5) is 11.9. The third-order valence-corrected chi connectivity index (χ3v) is 8.25. The normalized spacial score (nSPS) is 11.0. The predicted octanol–water partition coefficient (Wildman–Crippen LogP) is 12.4. The van der Waals surface area contributed by atoms with Crippen LogP contribution in [-0.4, -0.2) is 42.1 Å². The molecular formula is C36H73NaO2. The Morgan fingerprint density at radius 1 is 0.359 bits per heavy atom. The molecule has 0 saturated carbocycles. The Labute approximate surface area is 269 Å². The van der Waals surface area contributed by atoms with Gasteiger partial charge in [-0.05, 0) is 12.8 Å². The minimum atomic E-state index is 0. The van der Waals surface area contributed by atoms with E-state index >= 15 is 0 Å². The van der Waals surface area contributed by atoms with Crippen molar-refractivity contribution in [3.8, 4) is 0 Å². The van der Waals surface area contributed by atoms with E-state index in [1.165, 1.54) is 186 Å². The van der Waals surface area contributed by atoms with Crippen LogP contribution in [0, 0.1) is 0 Å². The van der Waals surface area contributed by atoms with Gasteiger partial charge in [-0.3, -0.25) is 4.79 Å². The van der Waals surface area contributed by atoms with Gasteiger partial charge >= 0.3 is 35.5 Å². The number of hydrogen-bond donors (Lipinski definition) is 0. The first-order chi connectivity index (χ1) is 18.8. The molecule has 0 bridgehead atoms. The van der Waals surface area contributed by atoms with Crippen LogP contribution in [0.1, 0.15) is 219 Å². The van der Waals surface area contributed by atoms with Crippen molar-refractivity contribution in [3.63, 3.8) is 0 Å². The van der Waals surface area contributed by atoms with Crippen molar-refractivity contribution in [2.75, 3.05) is 6.61 Å². The quantitative estimate of drug-likeness (QED) is 0.0453. The van der Waals surface area contributed by atoms with Crippen LogP contribution in [0.4, 0.5) is 0 Å². The summed E-state index contributed by atoms with van der Waals surface area (Å²) in [5, 5.41) is 0. The molecule has 0 unspecified atom stereocenters. The molecule has 0 aromatic carbocycles. The van der Waals surface area contributed by atoms with E-state index in [-0.39, 0.29) is 35.5 Å². The Hall–Kier alpha value is 0.470. The molecule has 0 aliphatic carbocycles. The van der Waals surface area contributed by atoms with Gasteiger partial charge in [-0.2, -0.15) is 0 Å². The van der Waals surface area contributed by atoms with Gasteiger partial charge in [0.05, 0.1) is 6.61 Å². The van der Waals surface area contributed by atoms with Gasteiger partial charge < -0.3 is 4.74 Å². The summed E-state index contributed by atoms with van der Waals surface area (Å²) in [6.07, 6.45) is 43.1. The van der Waals surface area contributed by atoms with Gasteiger partial charge in [0.2, 0.25) is 0 Å². The van der Waals surface area contributed by atoms with Crippen molar-refractivity contribution < 1.29 is 9.53 Å². The van der Waals surface area contributed by atoms with Gasteiger partial charge in [0.25, 0.3) is 0 Å². The Balaban J connectivity index is 0. The molecule has 0 spiro atoms. The van der Waals surface area contributed by atoms with Crippen LogP contribution in [0.25, 0.3) is 0 Å². The van der Waals surface area contributed by atoms with E-state index in [4.69, 9.17) is 4.74 Å². The Kier molecular flexibility index (Phi) is 41.0. The molecular weight excluding hydrogens is 487 g/mol. The van der Waals surface area contributed by atoms with Crippen molar-refractivity contribution in [1.29, 1.82) is 0 Å². The average molecular weight is 561 g/mol. The molecule has 0 fully saturated rings. The molecule has 0 rings (SSSR count). The molecule has 0 heterocycles. The van der Waals surface area contributed by atoms with E-state index in [0.29, 0.717) is 13.0 Å². The maximum atomic E-state index is 11.9. The zero-order chi connectivity index (χ0) is 27.6. The Morgan fingerprint density at radius 2 is 0.590 bits per heavy atom. The molecule has 2 nitrogen and oxygen atoms in total. The van der Waals surface area contributed by atoms with Gasteiger partial charge in [0.1, 0.15) is 0 Å². The van der Waals surface area contributed by atoms with E-state index < -0.39 is 0 Å². The molecule has 39 heavy (non-hydrogen) atoms. The summed E-state index contributed by atoms with van der Waals surface area (Å²) >= 11 is 0. The summed E-state index contributed by atoms with van der Waals surface area (Å²) < 4.78 is 5.44. The second-order valence-corrected chi connectivity index (χ2v) is 12.2. The summed E-state index contributed by atoms with van der Waals surface area (Å²) in [6.45, 7) is 5.22. The van der Waals surface area contributed by atoms with Crippen LogP contribution in [-0.2, 0) is 9.53 Å². The molecule has 0 amide bonds. The molecule has 0 radical (unpaired) electrons. The summed E-state index contributed by atoms with van der Waals surface area (Å²) in [7, 11) is 0. The van der Waals surface area contributed by atoms with Crippen molar-refractivity contribution in [2.24, 2.45) is 0 Å². The van der Waals surface area contributed by atoms with Crippen LogP contribution in [0.3, 0.4) is 0 Å². The number of esters is 1. The second kappa shape index (κ2) is 38.5. The van der Waals surface area contributed by atoms with Gasteiger partial charge in [-0.1, -0.05) is 200 Å². The van der Waals surface area contributed by atoms with Gasteiger partial charge in [0.15, 0.2) is 0 Å². The van der Waals surface area contributed by atoms with E-state index in [1.807, 2.05) is 0 Å². The first-order valence-electron chi connectivity index (χ1n) is 18.0. The summed E-state index contributed by atoms with van der Waals surface area (Å²) in [5.41, 5.74) is 0. The van der Waals surface area contributed by atoms with Crippen LogP contribution >= 0.6 is 0 Å². The van der Waals surface area contributed by atoms with E-state index in [0.717, 1.165) is 12.8 Å². The molecule has 0 aliphatic heterocycles. The van der Waals surface area contributed by atoms with E-state index in [1.54, 1.807) is 0 Å². The first-order valence-corrected chi connectivity index (χ1v) is 18.0. The number of carbonyl (C=O) groups is 1. The number of hydrogen-bond acceptors (Lipinski definition) is 2. The topological polar surface area (TPSA) is 26.3 Å². The monoisotopic (exact) mass is 561 g/mol. The van der Waals surface area contributed by atoms with Crippen molar-refractivity contribution in [2.45, 2.75) is 219 Å². The predicted molar refractivity (Wildman–Crippen MR) is 177 cm³/mol. The van der Waals surface area contributed by atoms with Gasteiger partial charge in [0, 0.05) is 6.42 Å². The summed E-state index contributed by atoms with van der Waals surface area (Å²) in [5.74, 6) is 0.0284. The zero-order valence-electron chi connectivity index (χ0n) is 26.7. The van der Waals surface area contributed by atoms with Crippen molar-refractivity contribution in [1.82, 2.24) is 0 Å². The molecule has 0 N–H and O–H groups in total. The van der Waals surface area contributed by atoms with Crippen LogP contribution in [0.2, 0.25) is 0 Å². The fourth-order valence-corrected chi connectivity index (χ4v) is 5.55. The number of carbonyl (C=O) groups excluding carboxylic acids is 1.